The highest BCUT2D eigenvalue weighted by Gasteiger charge is 2.24. The Bertz CT molecular complexity index is 323. The lowest BCUT2D eigenvalue weighted by Crippen LogP contribution is -2.51. The van der Waals surface area contributed by atoms with Crippen molar-refractivity contribution in [2.24, 2.45) is 0 Å². The van der Waals surface area contributed by atoms with Crippen LogP contribution in [-0.4, -0.2) is 81.4 Å². The molecule has 0 aromatic rings. The van der Waals surface area contributed by atoms with E-state index in [1.807, 2.05) is 14.1 Å². The first-order chi connectivity index (χ1) is 9.52. The lowest BCUT2D eigenvalue weighted by Gasteiger charge is -2.33. The molecule has 0 aliphatic carbocycles. The molecule has 7 heteroatoms. The van der Waals surface area contributed by atoms with Crippen molar-refractivity contribution in [2.75, 3.05) is 53.5 Å². The minimum Gasteiger partial charge on any atom is -0.465 e. The number of hydrogen-bond acceptors (Lipinski definition) is 5. The third-order valence-corrected chi connectivity index (χ3v) is 3.01. The van der Waals surface area contributed by atoms with Crippen LogP contribution in [0.1, 0.15) is 13.3 Å². The molecule has 0 saturated carbocycles. The largest absolute Gasteiger partial charge is 0.465 e. The van der Waals surface area contributed by atoms with E-state index in [9.17, 15) is 9.59 Å². The highest BCUT2D eigenvalue weighted by molar-refractivity contribution is 5.80. The summed E-state index contributed by atoms with van der Waals surface area (Å²) in [5.41, 5.74) is 0. The third-order valence-electron chi connectivity index (χ3n) is 3.01. The van der Waals surface area contributed by atoms with Gasteiger partial charge in [0.25, 0.3) is 0 Å². The maximum Gasteiger partial charge on any atom is 0.325 e. The van der Waals surface area contributed by atoms with Crippen LogP contribution in [0, 0.1) is 0 Å². The number of ether oxygens (including phenoxy) is 2. The van der Waals surface area contributed by atoms with E-state index in [-0.39, 0.29) is 18.7 Å². The Labute approximate surface area is 120 Å². The number of rotatable bonds is 6. The van der Waals surface area contributed by atoms with Gasteiger partial charge in [-0.1, -0.05) is 0 Å². The lowest BCUT2D eigenvalue weighted by molar-refractivity contribution is -0.141. The van der Waals surface area contributed by atoms with Gasteiger partial charge in [-0.05, 0) is 27.4 Å². The molecule has 1 rings (SSSR count). The van der Waals surface area contributed by atoms with E-state index in [4.69, 9.17) is 9.47 Å². The Hall–Kier alpha value is -1.34. The predicted octanol–water partition coefficient (Wildman–Crippen LogP) is -0.0884. The summed E-state index contributed by atoms with van der Waals surface area (Å²) >= 11 is 0. The van der Waals surface area contributed by atoms with E-state index in [2.05, 4.69) is 10.2 Å². The van der Waals surface area contributed by atoms with Gasteiger partial charge in [0.05, 0.1) is 19.3 Å². The third kappa shape index (κ3) is 6.21. The van der Waals surface area contributed by atoms with E-state index in [1.54, 1.807) is 11.8 Å². The van der Waals surface area contributed by atoms with Gasteiger partial charge < -0.3 is 24.6 Å². The van der Waals surface area contributed by atoms with Gasteiger partial charge >= 0.3 is 12.0 Å². The standard InChI is InChI=1S/C13H25N3O4/c1-4-19-12(17)9-14-13(18)16-7-8-20-11(10-16)5-6-15(2)3/h11H,4-10H2,1-3H3,(H,14,18)/t11-/m1/s1. The van der Waals surface area contributed by atoms with Crippen LogP contribution in [0.25, 0.3) is 0 Å². The molecule has 0 aromatic heterocycles. The molecule has 1 fully saturated rings. The van der Waals surface area contributed by atoms with Gasteiger partial charge in [0, 0.05) is 19.6 Å². The number of amides is 2. The number of hydrogen-bond donors (Lipinski definition) is 1. The molecule has 1 aliphatic rings. The average Bonchev–Trinajstić information content (AvgIpc) is 2.43. The highest BCUT2D eigenvalue weighted by Crippen LogP contribution is 2.09. The van der Waals surface area contributed by atoms with Crippen molar-refractivity contribution < 1.29 is 19.1 Å². The minimum atomic E-state index is -0.418. The van der Waals surface area contributed by atoms with Crippen LogP contribution in [0.3, 0.4) is 0 Å². The van der Waals surface area contributed by atoms with E-state index >= 15 is 0 Å². The van der Waals surface area contributed by atoms with Gasteiger partial charge in [-0.3, -0.25) is 4.79 Å². The summed E-state index contributed by atoms with van der Waals surface area (Å²) in [7, 11) is 4.01. The molecular weight excluding hydrogens is 262 g/mol. The number of nitrogens with zero attached hydrogens (tertiary/aromatic N) is 2. The number of morpholine rings is 1. The van der Waals surface area contributed by atoms with E-state index in [0.29, 0.717) is 26.3 Å². The molecule has 1 N–H and O–H groups in total. The number of urea groups is 1. The summed E-state index contributed by atoms with van der Waals surface area (Å²) in [6.45, 7) is 4.52. The molecule has 1 heterocycles. The van der Waals surface area contributed by atoms with Crippen LogP contribution in [-0.2, 0) is 14.3 Å². The minimum absolute atomic E-state index is 0.0551. The smallest absolute Gasteiger partial charge is 0.325 e. The molecule has 1 saturated heterocycles. The molecule has 7 nitrogen and oxygen atoms in total. The summed E-state index contributed by atoms with van der Waals surface area (Å²) in [5, 5.41) is 2.57. The number of carbonyl (C=O) groups excluding carboxylic acids is 2. The van der Waals surface area contributed by atoms with Gasteiger partial charge in [-0.25, -0.2) is 4.79 Å². The van der Waals surface area contributed by atoms with Crippen molar-refractivity contribution >= 4 is 12.0 Å². The lowest BCUT2D eigenvalue weighted by atomic mass is 10.2. The molecule has 0 radical (unpaired) electrons. The Kier molecular flexibility index (Phi) is 7.32. The van der Waals surface area contributed by atoms with Crippen molar-refractivity contribution in [2.45, 2.75) is 19.4 Å². The topological polar surface area (TPSA) is 71.1 Å². The zero-order chi connectivity index (χ0) is 15.0. The molecule has 0 spiro atoms. The summed E-state index contributed by atoms with van der Waals surface area (Å²) < 4.78 is 10.4. The van der Waals surface area contributed by atoms with Crippen LogP contribution >= 0.6 is 0 Å². The SMILES string of the molecule is CCOC(=O)CNC(=O)N1CCO[C@H](CCN(C)C)C1. The summed E-state index contributed by atoms with van der Waals surface area (Å²) in [6.07, 6.45) is 0.939. The summed E-state index contributed by atoms with van der Waals surface area (Å²) in [4.78, 5) is 26.9. The van der Waals surface area contributed by atoms with E-state index in [0.717, 1.165) is 13.0 Å². The van der Waals surface area contributed by atoms with Crippen LogP contribution in [0.15, 0.2) is 0 Å². The van der Waals surface area contributed by atoms with Crippen molar-refractivity contribution in [3.8, 4) is 0 Å². The summed E-state index contributed by atoms with van der Waals surface area (Å²) in [5.74, 6) is -0.418. The Morgan fingerprint density at radius 1 is 1.45 bits per heavy atom. The van der Waals surface area contributed by atoms with Crippen molar-refractivity contribution in [3.05, 3.63) is 0 Å². The zero-order valence-corrected chi connectivity index (χ0v) is 12.6. The van der Waals surface area contributed by atoms with Gasteiger partial charge in [-0.2, -0.15) is 0 Å². The van der Waals surface area contributed by atoms with Crippen LogP contribution in [0.2, 0.25) is 0 Å². The van der Waals surface area contributed by atoms with Gasteiger partial charge in [0.2, 0.25) is 0 Å². The van der Waals surface area contributed by atoms with Crippen molar-refractivity contribution in [1.82, 2.24) is 15.1 Å². The molecular formula is C13H25N3O4. The van der Waals surface area contributed by atoms with Gasteiger partial charge in [0.1, 0.15) is 6.54 Å². The second kappa shape index (κ2) is 8.76. The second-order valence-corrected chi connectivity index (χ2v) is 4.99. The van der Waals surface area contributed by atoms with Gasteiger partial charge in [0.15, 0.2) is 0 Å². The number of nitrogens with one attached hydrogen (secondary N) is 1. The zero-order valence-electron chi connectivity index (χ0n) is 12.6. The molecule has 1 aliphatic heterocycles. The first kappa shape index (κ1) is 16.7. The molecule has 2 amide bonds. The average molecular weight is 287 g/mol. The molecule has 20 heavy (non-hydrogen) atoms. The quantitative estimate of drug-likeness (QED) is 0.691. The fourth-order valence-corrected chi connectivity index (χ4v) is 1.95. The maximum atomic E-state index is 11.9. The fourth-order valence-electron chi connectivity index (χ4n) is 1.95. The molecule has 1 atom stereocenters. The van der Waals surface area contributed by atoms with Crippen molar-refractivity contribution in [3.63, 3.8) is 0 Å². The Morgan fingerprint density at radius 2 is 2.20 bits per heavy atom. The predicted molar refractivity (Wildman–Crippen MR) is 74.5 cm³/mol. The number of esters is 1. The second-order valence-electron chi connectivity index (χ2n) is 4.99. The first-order valence-corrected chi connectivity index (χ1v) is 6.97. The number of carbonyl (C=O) groups is 2. The van der Waals surface area contributed by atoms with Gasteiger partial charge in [-0.15, -0.1) is 0 Å². The normalized spacial score (nSPS) is 19.0. The molecule has 0 unspecified atom stereocenters. The first-order valence-electron chi connectivity index (χ1n) is 6.97. The Morgan fingerprint density at radius 3 is 2.85 bits per heavy atom. The maximum absolute atomic E-state index is 11.9. The Balaban J connectivity index is 2.30. The van der Waals surface area contributed by atoms with Crippen LogP contribution in [0.4, 0.5) is 4.79 Å². The van der Waals surface area contributed by atoms with Crippen molar-refractivity contribution in [1.29, 1.82) is 0 Å². The molecule has 116 valence electrons. The molecule has 0 bridgehead atoms. The highest BCUT2D eigenvalue weighted by atomic mass is 16.5. The van der Waals surface area contributed by atoms with E-state index < -0.39 is 5.97 Å². The van der Waals surface area contributed by atoms with E-state index in [1.165, 1.54) is 0 Å². The monoisotopic (exact) mass is 287 g/mol. The van der Waals surface area contributed by atoms with Crippen LogP contribution < -0.4 is 5.32 Å². The molecule has 0 aromatic carbocycles. The van der Waals surface area contributed by atoms with Crippen LogP contribution in [0.5, 0.6) is 0 Å². The fraction of sp³-hybridized carbons (Fsp3) is 0.846. The summed E-state index contributed by atoms with van der Waals surface area (Å²) in [6, 6.07) is -0.240.